The minimum atomic E-state index is 0.151. The lowest BCUT2D eigenvalue weighted by Crippen LogP contribution is -2.20. The van der Waals surface area contributed by atoms with Crippen LogP contribution in [0.4, 0.5) is 0 Å². The highest BCUT2D eigenvalue weighted by molar-refractivity contribution is 6.32. The Hall–Kier alpha value is -3.76. The van der Waals surface area contributed by atoms with Crippen LogP contribution in [0.25, 0.3) is 5.57 Å². The summed E-state index contributed by atoms with van der Waals surface area (Å²) in [6.45, 7) is 6.21. The SMILES string of the molecule is CCc1cc(CC)c(C#N)c(C(=NC)/C(=C\N)c2ccc(C)c(/C(CN)=N\NC=O)c2)c1. The van der Waals surface area contributed by atoms with E-state index in [1.54, 1.807) is 7.05 Å². The molecule has 7 heteroatoms. The molecule has 166 valence electrons. The number of nitrogens with zero attached hydrogens (tertiary/aromatic N) is 3. The van der Waals surface area contributed by atoms with Gasteiger partial charge in [-0.25, -0.2) is 5.43 Å². The lowest BCUT2D eigenvalue weighted by molar-refractivity contribution is -0.109. The number of carbonyl (C=O) groups excluding carboxylic acids is 1. The first-order chi connectivity index (χ1) is 15.5. The molecule has 2 aromatic carbocycles. The minimum Gasteiger partial charge on any atom is -0.404 e. The number of rotatable bonds is 9. The van der Waals surface area contributed by atoms with E-state index in [4.69, 9.17) is 11.5 Å². The number of nitriles is 1. The number of nitrogens with one attached hydrogen (secondary N) is 1. The number of hydrogen-bond donors (Lipinski definition) is 3. The van der Waals surface area contributed by atoms with E-state index in [9.17, 15) is 10.1 Å². The van der Waals surface area contributed by atoms with Gasteiger partial charge in [0.05, 0.1) is 17.0 Å². The number of benzene rings is 2. The molecule has 5 N–H and O–H groups in total. The van der Waals surface area contributed by atoms with Crippen LogP contribution in [0.5, 0.6) is 0 Å². The maximum atomic E-state index is 10.7. The largest absolute Gasteiger partial charge is 0.404 e. The molecule has 0 saturated heterocycles. The maximum absolute atomic E-state index is 10.7. The highest BCUT2D eigenvalue weighted by Gasteiger charge is 2.19. The first kappa shape index (κ1) is 24.5. The third-order valence-corrected chi connectivity index (χ3v) is 5.39. The van der Waals surface area contributed by atoms with Crippen LogP contribution in [0.1, 0.15) is 52.8 Å². The van der Waals surface area contributed by atoms with Crippen molar-refractivity contribution in [3.8, 4) is 6.07 Å². The van der Waals surface area contributed by atoms with Crippen molar-refractivity contribution in [3.05, 3.63) is 75.5 Å². The molecule has 0 bridgehead atoms. The molecule has 0 radical (unpaired) electrons. The summed E-state index contributed by atoms with van der Waals surface area (Å²) in [6, 6.07) is 12.3. The fourth-order valence-electron chi connectivity index (χ4n) is 3.69. The third kappa shape index (κ3) is 5.10. The predicted octanol–water partition coefficient (Wildman–Crippen LogP) is 2.82. The lowest BCUT2D eigenvalue weighted by atomic mass is 9.87. The van der Waals surface area contributed by atoms with Crippen molar-refractivity contribution in [2.24, 2.45) is 21.6 Å². The van der Waals surface area contributed by atoms with Crippen LogP contribution >= 0.6 is 0 Å². The summed E-state index contributed by atoms with van der Waals surface area (Å²) < 4.78 is 0. The molecule has 0 fully saturated rings. The van der Waals surface area contributed by atoms with Gasteiger partial charge in [0.25, 0.3) is 0 Å². The summed E-state index contributed by atoms with van der Waals surface area (Å²) in [4.78, 5) is 15.2. The highest BCUT2D eigenvalue weighted by Crippen LogP contribution is 2.27. The van der Waals surface area contributed by atoms with Gasteiger partial charge in [-0.3, -0.25) is 9.79 Å². The minimum absolute atomic E-state index is 0.151. The molecule has 0 atom stereocenters. The van der Waals surface area contributed by atoms with Crippen molar-refractivity contribution < 1.29 is 4.79 Å². The van der Waals surface area contributed by atoms with E-state index in [1.165, 1.54) is 6.20 Å². The average molecular weight is 431 g/mol. The van der Waals surface area contributed by atoms with Gasteiger partial charge in [-0.15, -0.1) is 0 Å². The van der Waals surface area contributed by atoms with Crippen LogP contribution in [0.2, 0.25) is 0 Å². The number of aliphatic imine (C=N–C) groups is 1. The molecule has 0 aliphatic heterocycles. The number of carbonyl (C=O) groups is 1. The maximum Gasteiger partial charge on any atom is 0.227 e. The van der Waals surface area contributed by atoms with Crippen LogP contribution in [-0.4, -0.2) is 31.4 Å². The number of hydrazone groups is 1. The van der Waals surface area contributed by atoms with Gasteiger partial charge in [0.1, 0.15) is 6.07 Å². The van der Waals surface area contributed by atoms with Crippen LogP contribution < -0.4 is 16.9 Å². The van der Waals surface area contributed by atoms with Crippen LogP contribution in [0, 0.1) is 18.3 Å². The van der Waals surface area contributed by atoms with Crippen LogP contribution in [0.3, 0.4) is 0 Å². The van der Waals surface area contributed by atoms with Gasteiger partial charge in [0.15, 0.2) is 0 Å². The van der Waals surface area contributed by atoms with Gasteiger partial charge in [-0.1, -0.05) is 32.0 Å². The second-order valence-electron chi connectivity index (χ2n) is 7.19. The molecule has 2 aromatic rings. The number of allylic oxidation sites excluding steroid dienone is 1. The Kier molecular flexibility index (Phi) is 8.87. The van der Waals surface area contributed by atoms with Crippen LogP contribution in [0.15, 0.2) is 46.6 Å². The van der Waals surface area contributed by atoms with E-state index >= 15 is 0 Å². The van der Waals surface area contributed by atoms with Gasteiger partial charge in [-0.2, -0.15) is 10.4 Å². The monoisotopic (exact) mass is 430 g/mol. The molecule has 2 rings (SSSR count). The second-order valence-corrected chi connectivity index (χ2v) is 7.19. The van der Waals surface area contributed by atoms with E-state index < -0.39 is 0 Å². The Morgan fingerprint density at radius 1 is 1.19 bits per heavy atom. The molecular formula is C25H30N6O. The van der Waals surface area contributed by atoms with Crippen molar-refractivity contribution in [1.82, 2.24) is 5.43 Å². The molecule has 0 aromatic heterocycles. The van der Waals surface area contributed by atoms with Gasteiger partial charge < -0.3 is 11.5 Å². The molecule has 7 nitrogen and oxygen atoms in total. The van der Waals surface area contributed by atoms with Gasteiger partial charge in [-0.05, 0) is 54.2 Å². The van der Waals surface area contributed by atoms with Crippen molar-refractivity contribution in [2.45, 2.75) is 33.6 Å². The fourth-order valence-corrected chi connectivity index (χ4v) is 3.69. The first-order valence-corrected chi connectivity index (χ1v) is 10.5. The Labute approximate surface area is 189 Å². The Bertz CT molecular complexity index is 1120. The Balaban J connectivity index is 2.71. The van der Waals surface area contributed by atoms with Crippen molar-refractivity contribution in [1.29, 1.82) is 5.26 Å². The summed E-state index contributed by atoms with van der Waals surface area (Å²) >= 11 is 0. The summed E-state index contributed by atoms with van der Waals surface area (Å²) in [5.74, 6) is 0. The standard InChI is InChI=1S/C25H30N6O/c1-5-17-9-18(6-2)22(12-26)21(10-17)25(29-4)23(13-27)19-8-7-16(3)20(11-19)24(14-28)31-30-15-32/h7-11,13,15H,5-6,14,27-28H2,1-4H3,(H,30,32)/b23-13-,29-25?,31-24-. The zero-order valence-electron chi connectivity index (χ0n) is 19.1. The Morgan fingerprint density at radius 2 is 1.94 bits per heavy atom. The molecule has 0 saturated carbocycles. The highest BCUT2D eigenvalue weighted by atomic mass is 16.1. The van der Waals surface area contributed by atoms with Crippen LogP contribution in [-0.2, 0) is 17.6 Å². The summed E-state index contributed by atoms with van der Waals surface area (Å²) in [6.07, 6.45) is 3.60. The quantitative estimate of drug-likeness (QED) is 0.321. The van der Waals surface area contributed by atoms with Crippen molar-refractivity contribution in [2.75, 3.05) is 13.6 Å². The summed E-state index contributed by atoms with van der Waals surface area (Å²) in [7, 11) is 1.69. The zero-order chi connectivity index (χ0) is 23.7. The molecule has 0 spiro atoms. The molecule has 0 aliphatic carbocycles. The van der Waals surface area contributed by atoms with Gasteiger partial charge >= 0.3 is 0 Å². The molecule has 0 unspecified atom stereocenters. The van der Waals surface area contributed by atoms with E-state index in [2.05, 4.69) is 34.6 Å². The summed E-state index contributed by atoms with van der Waals surface area (Å²) in [5.41, 5.74) is 22.2. The normalized spacial score (nSPS) is 12.4. The van der Waals surface area contributed by atoms with Crippen molar-refractivity contribution in [3.63, 3.8) is 0 Å². The third-order valence-electron chi connectivity index (χ3n) is 5.39. The predicted molar refractivity (Wildman–Crippen MR) is 131 cm³/mol. The second kappa shape index (κ2) is 11.6. The molecule has 0 heterocycles. The summed E-state index contributed by atoms with van der Waals surface area (Å²) in [5, 5.41) is 14.0. The smallest absolute Gasteiger partial charge is 0.227 e. The van der Waals surface area contributed by atoms with E-state index in [0.29, 0.717) is 29.0 Å². The van der Waals surface area contributed by atoms with Gasteiger partial charge in [0.2, 0.25) is 6.41 Å². The molecule has 32 heavy (non-hydrogen) atoms. The first-order valence-electron chi connectivity index (χ1n) is 10.5. The molecule has 1 amide bonds. The zero-order valence-corrected chi connectivity index (χ0v) is 19.1. The van der Waals surface area contributed by atoms with Gasteiger partial charge in [0, 0.05) is 36.5 Å². The topological polar surface area (TPSA) is 130 Å². The van der Waals surface area contributed by atoms with E-state index in [0.717, 1.165) is 46.2 Å². The van der Waals surface area contributed by atoms with Crippen molar-refractivity contribution >= 4 is 23.4 Å². The number of nitrogens with two attached hydrogens (primary N) is 2. The molecular weight excluding hydrogens is 400 g/mol. The number of amides is 1. The Morgan fingerprint density at radius 3 is 2.47 bits per heavy atom. The lowest BCUT2D eigenvalue weighted by Gasteiger charge is -2.17. The van der Waals surface area contributed by atoms with E-state index in [-0.39, 0.29) is 6.54 Å². The molecule has 0 aliphatic rings. The van der Waals surface area contributed by atoms with E-state index in [1.807, 2.05) is 38.1 Å². The fraction of sp³-hybridized carbons (Fsp3) is 0.280. The number of aryl methyl sites for hydroxylation is 3. The number of hydrogen-bond acceptors (Lipinski definition) is 6. The average Bonchev–Trinajstić information content (AvgIpc) is 2.83.